The quantitative estimate of drug-likeness (QED) is 0.448. The summed E-state index contributed by atoms with van der Waals surface area (Å²) in [6.07, 6.45) is 3.64. The Kier molecular flexibility index (Phi) is 5.31. The minimum absolute atomic E-state index is 0.191. The molecule has 172 valence electrons. The molecule has 4 heterocycles. The molecule has 1 saturated heterocycles. The van der Waals surface area contributed by atoms with Crippen molar-refractivity contribution >= 4 is 0 Å². The number of aromatic amines is 1. The highest BCUT2D eigenvalue weighted by Gasteiger charge is 2.23. The number of hydrogen-bond donors (Lipinski definition) is 2. The van der Waals surface area contributed by atoms with E-state index in [-0.39, 0.29) is 18.6 Å². The predicted molar refractivity (Wildman–Crippen MR) is 122 cm³/mol. The fourth-order valence-electron chi connectivity index (χ4n) is 4.26. The molecule has 2 aromatic heterocycles. The van der Waals surface area contributed by atoms with E-state index < -0.39 is 0 Å². The first-order chi connectivity index (χ1) is 16.7. The van der Waals surface area contributed by atoms with E-state index >= 15 is 0 Å². The Labute approximate surface area is 195 Å². The van der Waals surface area contributed by atoms with Crippen molar-refractivity contribution in [1.82, 2.24) is 25.3 Å². The van der Waals surface area contributed by atoms with Crippen LogP contribution in [0.1, 0.15) is 24.6 Å². The zero-order valence-corrected chi connectivity index (χ0v) is 18.3. The number of hydrogen-bond acceptors (Lipinski definition) is 7. The van der Waals surface area contributed by atoms with E-state index in [1.165, 1.54) is 12.1 Å². The largest absolute Gasteiger partial charge is 0.454 e. The lowest BCUT2D eigenvalue weighted by molar-refractivity contribution is 0.174. The molecule has 2 N–H and O–H groups in total. The summed E-state index contributed by atoms with van der Waals surface area (Å²) in [5.74, 6) is 2.77. The number of imidazole rings is 1. The first-order valence-electron chi connectivity index (χ1n) is 11.2. The van der Waals surface area contributed by atoms with Gasteiger partial charge >= 0.3 is 6.01 Å². The summed E-state index contributed by atoms with van der Waals surface area (Å²) in [5, 5.41) is 3.38. The SMILES string of the molecule is Fc1ccc(-c2nc(C3CCNCC3)[nH]c2-c2ccnc(Oc3ccc4c(c3)OCO4)n2)cc1. The monoisotopic (exact) mass is 459 g/mol. The number of fused-ring (bicyclic) bond motifs is 1. The van der Waals surface area contributed by atoms with Crippen LogP contribution in [0, 0.1) is 5.82 Å². The van der Waals surface area contributed by atoms with Crippen molar-refractivity contribution in [2.75, 3.05) is 19.9 Å². The number of nitrogens with zero attached hydrogens (tertiary/aromatic N) is 3. The predicted octanol–water partition coefficient (Wildman–Crippen LogP) is 4.66. The number of rotatable bonds is 5. The minimum atomic E-state index is -0.291. The summed E-state index contributed by atoms with van der Waals surface area (Å²) in [7, 11) is 0. The molecule has 2 aromatic carbocycles. The van der Waals surface area contributed by atoms with Gasteiger partial charge in [-0.05, 0) is 68.4 Å². The lowest BCUT2D eigenvalue weighted by Gasteiger charge is -2.20. The van der Waals surface area contributed by atoms with Crippen molar-refractivity contribution in [3.8, 4) is 45.9 Å². The van der Waals surface area contributed by atoms with Crippen molar-refractivity contribution in [2.24, 2.45) is 0 Å². The Morgan fingerprint density at radius 2 is 1.76 bits per heavy atom. The average Bonchev–Trinajstić information content (AvgIpc) is 3.53. The summed E-state index contributed by atoms with van der Waals surface area (Å²) >= 11 is 0. The molecule has 0 amide bonds. The first-order valence-corrected chi connectivity index (χ1v) is 11.2. The van der Waals surface area contributed by atoms with E-state index in [1.54, 1.807) is 42.6 Å². The topological polar surface area (TPSA) is 94.2 Å². The van der Waals surface area contributed by atoms with Crippen LogP contribution in [-0.2, 0) is 0 Å². The van der Waals surface area contributed by atoms with Crippen LogP contribution in [-0.4, -0.2) is 39.8 Å². The standard InChI is InChI=1S/C25H22FN5O3/c26-17-3-1-15(2-4-17)22-23(31-24(30-22)16-7-10-27-11-8-16)19-9-12-28-25(29-19)34-18-5-6-20-21(13-18)33-14-32-20/h1-6,9,12-13,16,27H,7-8,10-11,14H2,(H,30,31). The second-order valence-corrected chi connectivity index (χ2v) is 8.22. The summed E-state index contributed by atoms with van der Waals surface area (Å²) in [6, 6.07) is 13.6. The number of aromatic nitrogens is 4. The molecule has 0 atom stereocenters. The summed E-state index contributed by atoms with van der Waals surface area (Å²) in [4.78, 5) is 17.3. The highest BCUT2D eigenvalue weighted by Crippen LogP contribution is 2.37. The van der Waals surface area contributed by atoms with Crippen LogP contribution in [0.25, 0.3) is 22.6 Å². The van der Waals surface area contributed by atoms with Gasteiger partial charge in [0, 0.05) is 23.7 Å². The van der Waals surface area contributed by atoms with Gasteiger partial charge in [0.05, 0.1) is 17.1 Å². The summed E-state index contributed by atoms with van der Waals surface area (Å²) in [5.41, 5.74) is 2.92. The molecule has 0 saturated carbocycles. The van der Waals surface area contributed by atoms with Gasteiger partial charge in [0.2, 0.25) is 6.79 Å². The van der Waals surface area contributed by atoms with Gasteiger partial charge in [0.25, 0.3) is 0 Å². The third kappa shape index (κ3) is 4.06. The number of halogens is 1. The Morgan fingerprint density at radius 1 is 0.941 bits per heavy atom. The third-order valence-electron chi connectivity index (χ3n) is 6.01. The van der Waals surface area contributed by atoms with E-state index in [4.69, 9.17) is 19.2 Å². The number of piperidine rings is 1. The van der Waals surface area contributed by atoms with Gasteiger partial charge in [-0.2, -0.15) is 4.98 Å². The Hall–Kier alpha value is -3.98. The minimum Gasteiger partial charge on any atom is -0.454 e. The maximum atomic E-state index is 13.6. The van der Waals surface area contributed by atoms with Gasteiger partial charge in [0.1, 0.15) is 17.4 Å². The molecular weight excluding hydrogens is 437 g/mol. The third-order valence-corrected chi connectivity index (χ3v) is 6.01. The van der Waals surface area contributed by atoms with E-state index in [2.05, 4.69) is 20.3 Å². The maximum absolute atomic E-state index is 13.6. The van der Waals surface area contributed by atoms with Crippen LogP contribution in [0.15, 0.2) is 54.7 Å². The van der Waals surface area contributed by atoms with Crippen LogP contribution in [0.2, 0.25) is 0 Å². The lowest BCUT2D eigenvalue weighted by atomic mass is 9.98. The maximum Gasteiger partial charge on any atom is 0.322 e. The molecule has 1 fully saturated rings. The van der Waals surface area contributed by atoms with Gasteiger partial charge in [-0.1, -0.05) is 0 Å². The molecule has 0 bridgehead atoms. The Bertz CT molecular complexity index is 1320. The van der Waals surface area contributed by atoms with Crippen LogP contribution in [0.3, 0.4) is 0 Å². The number of H-pyrrole nitrogens is 1. The van der Waals surface area contributed by atoms with Crippen LogP contribution >= 0.6 is 0 Å². The smallest absolute Gasteiger partial charge is 0.322 e. The second kappa shape index (κ2) is 8.75. The fourth-order valence-corrected chi connectivity index (χ4v) is 4.26. The summed E-state index contributed by atoms with van der Waals surface area (Å²) < 4.78 is 30.2. The number of benzene rings is 2. The van der Waals surface area contributed by atoms with Crippen LogP contribution in [0.5, 0.6) is 23.3 Å². The molecule has 9 heteroatoms. The van der Waals surface area contributed by atoms with Crippen LogP contribution < -0.4 is 19.5 Å². The zero-order chi connectivity index (χ0) is 22.9. The summed E-state index contributed by atoms with van der Waals surface area (Å²) in [6.45, 7) is 2.09. The van der Waals surface area contributed by atoms with Gasteiger partial charge in [-0.25, -0.2) is 14.4 Å². The zero-order valence-electron chi connectivity index (χ0n) is 18.3. The second-order valence-electron chi connectivity index (χ2n) is 8.22. The molecule has 8 nitrogen and oxygen atoms in total. The Balaban J connectivity index is 1.36. The van der Waals surface area contributed by atoms with Gasteiger partial charge in [-0.3, -0.25) is 0 Å². The highest BCUT2D eigenvalue weighted by atomic mass is 19.1. The molecular formula is C25H22FN5O3. The van der Waals surface area contributed by atoms with Crippen molar-refractivity contribution in [3.05, 3.63) is 66.4 Å². The molecule has 4 aromatic rings. The van der Waals surface area contributed by atoms with Crippen molar-refractivity contribution in [2.45, 2.75) is 18.8 Å². The van der Waals surface area contributed by atoms with Crippen molar-refractivity contribution in [3.63, 3.8) is 0 Å². The molecule has 0 spiro atoms. The van der Waals surface area contributed by atoms with Crippen molar-refractivity contribution < 1.29 is 18.6 Å². The van der Waals surface area contributed by atoms with E-state index in [1.807, 2.05) is 0 Å². The number of ether oxygens (including phenoxy) is 3. The molecule has 6 rings (SSSR count). The van der Waals surface area contributed by atoms with Gasteiger partial charge in [0.15, 0.2) is 11.5 Å². The molecule has 2 aliphatic rings. The first kappa shape index (κ1) is 20.6. The van der Waals surface area contributed by atoms with Gasteiger partial charge < -0.3 is 24.5 Å². The van der Waals surface area contributed by atoms with E-state index in [0.29, 0.717) is 28.9 Å². The van der Waals surface area contributed by atoms with E-state index in [9.17, 15) is 4.39 Å². The lowest BCUT2D eigenvalue weighted by Crippen LogP contribution is -2.27. The molecule has 0 aliphatic carbocycles. The molecule has 0 radical (unpaired) electrons. The molecule has 2 aliphatic heterocycles. The van der Waals surface area contributed by atoms with Crippen LogP contribution in [0.4, 0.5) is 4.39 Å². The number of nitrogens with one attached hydrogen (secondary N) is 2. The van der Waals surface area contributed by atoms with Gasteiger partial charge in [-0.15, -0.1) is 0 Å². The fraction of sp³-hybridized carbons (Fsp3) is 0.240. The van der Waals surface area contributed by atoms with Crippen molar-refractivity contribution in [1.29, 1.82) is 0 Å². The van der Waals surface area contributed by atoms with E-state index in [0.717, 1.165) is 48.7 Å². The molecule has 0 unspecified atom stereocenters. The average molecular weight is 459 g/mol. The molecule has 34 heavy (non-hydrogen) atoms. The Morgan fingerprint density at radius 3 is 2.62 bits per heavy atom. The highest BCUT2D eigenvalue weighted by molar-refractivity contribution is 5.76. The normalized spacial score (nSPS) is 15.4.